The van der Waals surface area contributed by atoms with Crippen LogP contribution in [0.4, 0.5) is 27.6 Å². The molecule has 158 valence electrons. The van der Waals surface area contributed by atoms with Crippen molar-refractivity contribution in [2.75, 3.05) is 10.6 Å². The predicted octanol–water partition coefficient (Wildman–Crippen LogP) is 5.83. The van der Waals surface area contributed by atoms with E-state index in [0.717, 1.165) is 0 Å². The minimum absolute atomic E-state index is 0.0141. The fraction of sp³-hybridized carbons (Fsp3) is 0.136. The first-order valence-electron chi connectivity index (χ1n) is 9.53. The monoisotopic (exact) mass is 439 g/mol. The van der Waals surface area contributed by atoms with Crippen LogP contribution in [0.3, 0.4) is 0 Å². The van der Waals surface area contributed by atoms with Crippen molar-refractivity contribution in [2.45, 2.75) is 19.8 Å². The van der Waals surface area contributed by atoms with Crippen molar-refractivity contribution in [3.05, 3.63) is 81.9 Å². The van der Waals surface area contributed by atoms with Crippen LogP contribution in [0, 0.1) is 5.82 Å². The van der Waals surface area contributed by atoms with Gasteiger partial charge in [-0.2, -0.15) is 0 Å². The number of anilines is 4. The number of oxazole rings is 1. The molecule has 31 heavy (non-hydrogen) atoms. The molecule has 0 aliphatic heterocycles. The van der Waals surface area contributed by atoms with Gasteiger partial charge < -0.3 is 14.7 Å². The van der Waals surface area contributed by atoms with Crippen LogP contribution in [0.2, 0.25) is 5.02 Å². The minimum Gasteiger partial charge on any atom is -0.432 e. The summed E-state index contributed by atoms with van der Waals surface area (Å²) in [6.07, 6.45) is 4.60. The Balaban J connectivity index is 1.74. The molecular formula is C22H19ClFN5O2. The maximum Gasteiger partial charge on any atom is 0.300 e. The Morgan fingerprint density at radius 2 is 1.90 bits per heavy atom. The number of hydrogen-bond acceptors (Lipinski definition) is 6. The predicted molar refractivity (Wildman–Crippen MR) is 119 cm³/mol. The maximum absolute atomic E-state index is 14.4. The minimum atomic E-state index is -0.528. The molecule has 3 aromatic heterocycles. The van der Waals surface area contributed by atoms with Crippen LogP contribution in [0.5, 0.6) is 0 Å². The standard InChI is InChI=1S/C22H19ClFN5O2/c1-12(2)20-18(11-16(21(30)29-20)15-9-13(23)3-4-17(15)24)27-14-5-6-25-19(10-14)28-22-26-7-8-31-22/h3-12H,1-2H3,(H,29,30)(H2,25,26,27,28). The molecule has 0 bridgehead atoms. The van der Waals surface area contributed by atoms with E-state index in [0.29, 0.717) is 33.9 Å². The number of hydrogen-bond donors (Lipinski definition) is 3. The Hall–Kier alpha value is -3.65. The van der Waals surface area contributed by atoms with Crippen molar-refractivity contribution in [1.82, 2.24) is 15.0 Å². The lowest BCUT2D eigenvalue weighted by Crippen LogP contribution is -2.15. The van der Waals surface area contributed by atoms with Gasteiger partial charge in [-0.3, -0.25) is 10.1 Å². The summed E-state index contributed by atoms with van der Waals surface area (Å²) in [7, 11) is 0. The molecule has 1 aromatic carbocycles. The Morgan fingerprint density at radius 3 is 2.65 bits per heavy atom. The molecule has 0 aliphatic rings. The number of pyridine rings is 2. The van der Waals surface area contributed by atoms with E-state index in [9.17, 15) is 9.18 Å². The van der Waals surface area contributed by atoms with E-state index in [1.807, 2.05) is 13.8 Å². The van der Waals surface area contributed by atoms with Crippen LogP contribution < -0.4 is 16.2 Å². The fourth-order valence-corrected chi connectivity index (χ4v) is 3.31. The van der Waals surface area contributed by atoms with E-state index in [1.165, 1.54) is 30.7 Å². The fourth-order valence-electron chi connectivity index (χ4n) is 3.13. The third kappa shape index (κ3) is 4.59. The van der Waals surface area contributed by atoms with Gasteiger partial charge in [0.15, 0.2) is 0 Å². The van der Waals surface area contributed by atoms with E-state index >= 15 is 0 Å². The largest absolute Gasteiger partial charge is 0.432 e. The van der Waals surface area contributed by atoms with Gasteiger partial charge in [0.2, 0.25) is 0 Å². The molecule has 0 unspecified atom stereocenters. The third-order valence-electron chi connectivity index (χ3n) is 4.57. The van der Waals surface area contributed by atoms with Crippen molar-refractivity contribution >= 4 is 34.8 Å². The van der Waals surface area contributed by atoms with Gasteiger partial charge in [-0.15, -0.1) is 0 Å². The average Bonchev–Trinajstić information content (AvgIpc) is 3.24. The average molecular weight is 440 g/mol. The number of aromatic amines is 1. The van der Waals surface area contributed by atoms with E-state index in [4.69, 9.17) is 16.0 Å². The summed E-state index contributed by atoms with van der Waals surface area (Å²) in [5, 5.41) is 6.59. The first kappa shape index (κ1) is 20.6. The number of nitrogens with zero attached hydrogens (tertiary/aromatic N) is 2. The maximum atomic E-state index is 14.4. The molecule has 7 nitrogen and oxygen atoms in total. The molecule has 9 heteroatoms. The van der Waals surface area contributed by atoms with Crippen molar-refractivity contribution in [1.29, 1.82) is 0 Å². The Morgan fingerprint density at radius 1 is 1.06 bits per heavy atom. The van der Waals surface area contributed by atoms with Crippen molar-refractivity contribution in [3.8, 4) is 11.1 Å². The van der Waals surface area contributed by atoms with Gasteiger partial charge in [0.1, 0.15) is 17.9 Å². The van der Waals surface area contributed by atoms with Gasteiger partial charge in [0.25, 0.3) is 11.6 Å². The highest BCUT2D eigenvalue weighted by molar-refractivity contribution is 6.30. The summed E-state index contributed by atoms with van der Waals surface area (Å²) < 4.78 is 19.6. The summed E-state index contributed by atoms with van der Waals surface area (Å²) >= 11 is 6.02. The molecule has 3 N–H and O–H groups in total. The van der Waals surface area contributed by atoms with Gasteiger partial charge in [-0.25, -0.2) is 14.4 Å². The highest BCUT2D eigenvalue weighted by Crippen LogP contribution is 2.31. The van der Waals surface area contributed by atoms with E-state index in [2.05, 4.69) is 25.6 Å². The zero-order chi connectivity index (χ0) is 22.0. The quantitative estimate of drug-likeness (QED) is 0.350. The lowest BCUT2D eigenvalue weighted by atomic mass is 10.0. The molecule has 0 amide bonds. The van der Waals surface area contributed by atoms with E-state index in [1.54, 1.807) is 24.4 Å². The SMILES string of the molecule is CC(C)c1[nH]c(=O)c(-c2cc(Cl)ccc2F)cc1Nc1ccnc(Nc2ncco2)c1. The van der Waals surface area contributed by atoms with Crippen LogP contribution in [-0.2, 0) is 0 Å². The lowest BCUT2D eigenvalue weighted by molar-refractivity contribution is 0.577. The molecule has 3 heterocycles. The summed E-state index contributed by atoms with van der Waals surface area (Å²) in [6.45, 7) is 3.91. The van der Waals surface area contributed by atoms with Crippen LogP contribution in [0.25, 0.3) is 11.1 Å². The molecule has 0 atom stereocenters. The second-order valence-corrected chi connectivity index (χ2v) is 7.57. The van der Waals surface area contributed by atoms with Crippen molar-refractivity contribution in [2.24, 2.45) is 0 Å². The molecule has 4 rings (SSSR count). The number of benzene rings is 1. The van der Waals surface area contributed by atoms with Crippen LogP contribution in [-0.4, -0.2) is 15.0 Å². The second kappa shape index (κ2) is 8.61. The smallest absolute Gasteiger partial charge is 0.300 e. The number of halogens is 2. The second-order valence-electron chi connectivity index (χ2n) is 7.14. The topological polar surface area (TPSA) is 95.8 Å². The van der Waals surface area contributed by atoms with Gasteiger partial charge in [0.05, 0.1) is 17.4 Å². The van der Waals surface area contributed by atoms with Crippen molar-refractivity contribution < 1.29 is 8.81 Å². The third-order valence-corrected chi connectivity index (χ3v) is 4.81. The molecule has 4 aromatic rings. The zero-order valence-corrected chi connectivity index (χ0v) is 17.5. The van der Waals surface area contributed by atoms with Gasteiger partial charge >= 0.3 is 0 Å². The lowest BCUT2D eigenvalue weighted by Gasteiger charge is -2.17. The van der Waals surface area contributed by atoms with Gasteiger partial charge in [-0.1, -0.05) is 25.4 Å². The van der Waals surface area contributed by atoms with Crippen molar-refractivity contribution in [3.63, 3.8) is 0 Å². The van der Waals surface area contributed by atoms with Crippen LogP contribution in [0.15, 0.2) is 64.3 Å². The summed E-state index contributed by atoms with van der Waals surface area (Å²) in [4.78, 5) is 23.8. The molecule has 0 radical (unpaired) electrons. The summed E-state index contributed by atoms with van der Waals surface area (Å²) in [5.74, 6) is 0.00350. The van der Waals surface area contributed by atoms with Gasteiger partial charge in [-0.05, 0) is 36.2 Å². The normalized spacial score (nSPS) is 11.0. The number of H-pyrrole nitrogens is 1. The van der Waals surface area contributed by atoms with Crippen LogP contribution in [0.1, 0.15) is 25.5 Å². The zero-order valence-electron chi connectivity index (χ0n) is 16.7. The first-order valence-corrected chi connectivity index (χ1v) is 9.90. The first-order chi connectivity index (χ1) is 14.9. The van der Waals surface area contributed by atoms with Gasteiger partial charge in [0, 0.05) is 34.2 Å². The van der Waals surface area contributed by atoms with E-state index < -0.39 is 11.4 Å². The molecular weight excluding hydrogens is 421 g/mol. The molecule has 0 saturated carbocycles. The number of rotatable bonds is 6. The Bertz CT molecular complexity index is 1270. The molecule has 0 fully saturated rings. The highest BCUT2D eigenvalue weighted by atomic mass is 35.5. The number of nitrogens with one attached hydrogen (secondary N) is 3. The molecule has 0 saturated heterocycles. The summed E-state index contributed by atoms with van der Waals surface area (Å²) in [6, 6.07) is 9.60. The highest BCUT2D eigenvalue weighted by Gasteiger charge is 2.16. The summed E-state index contributed by atoms with van der Waals surface area (Å²) in [5.41, 5.74) is 1.95. The Labute approximate surface area is 182 Å². The van der Waals surface area contributed by atoms with E-state index in [-0.39, 0.29) is 17.0 Å². The molecule has 0 spiro atoms. The van der Waals surface area contributed by atoms with Crippen LogP contribution >= 0.6 is 11.6 Å². The Kier molecular flexibility index (Phi) is 5.73. The number of aromatic nitrogens is 3. The molecule has 0 aliphatic carbocycles.